The van der Waals surface area contributed by atoms with Gasteiger partial charge >= 0.3 is 0 Å². The van der Waals surface area contributed by atoms with Crippen LogP contribution in [0, 0.1) is 0 Å². The van der Waals surface area contributed by atoms with Crippen molar-refractivity contribution in [1.29, 1.82) is 0 Å². The maximum atomic E-state index is 3.99. The zero-order chi connectivity index (χ0) is 6.41. The molecule has 0 spiro atoms. The molecule has 3 N–H and O–H groups in total. The van der Waals surface area contributed by atoms with Gasteiger partial charge in [0, 0.05) is 0 Å². The molecule has 0 rings (SSSR count). The number of hydrogen-bond acceptors (Lipinski definition) is 0. The van der Waals surface area contributed by atoms with E-state index in [9.17, 15) is 0 Å². The van der Waals surface area contributed by atoms with Crippen LogP contribution in [-0.4, -0.2) is 6.04 Å². The fraction of sp³-hybridized carbons (Fsp3) is 1.00. The first kappa shape index (κ1) is 7.96. The summed E-state index contributed by atoms with van der Waals surface area (Å²) in [6.07, 6.45) is 5.21. The smallest absolute Gasteiger partial charge is 0.0840 e. The van der Waals surface area contributed by atoms with Gasteiger partial charge in [-0.1, -0.05) is 20.3 Å². The minimum Gasteiger partial charge on any atom is -0.355 e. The zero-order valence-corrected chi connectivity index (χ0v) is 6.11. The highest BCUT2D eigenvalue weighted by Gasteiger charge is 1.98. The van der Waals surface area contributed by atoms with Crippen molar-refractivity contribution < 1.29 is 5.73 Å². The molecule has 0 aliphatic rings. The Balaban J connectivity index is 2.86. The molecule has 0 amide bonds. The van der Waals surface area contributed by atoms with Crippen LogP contribution < -0.4 is 5.73 Å². The molecule has 1 unspecified atom stereocenters. The Kier molecular flexibility index (Phi) is 5.08. The van der Waals surface area contributed by atoms with E-state index < -0.39 is 0 Å². The largest absolute Gasteiger partial charge is 0.355 e. The lowest BCUT2D eigenvalue weighted by molar-refractivity contribution is -0.421. The minimum atomic E-state index is 0.704. The van der Waals surface area contributed by atoms with Gasteiger partial charge in [-0.15, -0.1) is 0 Å². The Morgan fingerprint density at radius 2 is 2.00 bits per heavy atom. The standard InChI is InChI=1S/C7H17N/c1-3-5-6-7(8)4-2/h7H,3-6,8H2,1-2H3/p+1. The van der Waals surface area contributed by atoms with Crippen LogP contribution in [0.25, 0.3) is 0 Å². The van der Waals surface area contributed by atoms with Crippen molar-refractivity contribution in [3.8, 4) is 0 Å². The number of hydrogen-bond donors (Lipinski definition) is 1. The molecule has 0 aliphatic heterocycles. The van der Waals surface area contributed by atoms with Gasteiger partial charge in [-0.3, -0.25) is 0 Å². The highest BCUT2D eigenvalue weighted by molar-refractivity contribution is 4.48. The van der Waals surface area contributed by atoms with Crippen molar-refractivity contribution in [2.75, 3.05) is 0 Å². The molecule has 0 aromatic rings. The average Bonchev–Trinajstić information content (AvgIpc) is 1.83. The predicted molar refractivity (Wildman–Crippen MR) is 36.5 cm³/mol. The third-order valence-electron chi connectivity index (χ3n) is 1.54. The van der Waals surface area contributed by atoms with Gasteiger partial charge in [0.2, 0.25) is 0 Å². The summed E-state index contributed by atoms with van der Waals surface area (Å²) in [6.45, 7) is 4.43. The van der Waals surface area contributed by atoms with Gasteiger partial charge < -0.3 is 5.73 Å². The second kappa shape index (κ2) is 5.10. The van der Waals surface area contributed by atoms with E-state index in [0.717, 1.165) is 0 Å². The molecule has 0 fully saturated rings. The van der Waals surface area contributed by atoms with Gasteiger partial charge in [0.05, 0.1) is 6.04 Å². The van der Waals surface area contributed by atoms with Crippen molar-refractivity contribution in [3.63, 3.8) is 0 Å². The van der Waals surface area contributed by atoms with Gasteiger partial charge in [-0.25, -0.2) is 0 Å². The number of rotatable bonds is 4. The van der Waals surface area contributed by atoms with E-state index in [-0.39, 0.29) is 0 Å². The molecule has 50 valence electrons. The van der Waals surface area contributed by atoms with Crippen LogP contribution in [-0.2, 0) is 0 Å². The predicted octanol–water partition coefficient (Wildman–Crippen LogP) is 1.20. The Labute approximate surface area is 52.3 Å². The first-order chi connectivity index (χ1) is 3.81. The maximum absolute atomic E-state index is 3.99. The summed E-state index contributed by atoms with van der Waals surface area (Å²) >= 11 is 0. The van der Waals surface area contributed by atoms with Crippen molar-refractivity contribution in [2.24, 2.45) is 0 Å². The monoisotopic (exact) mass is 116 g/mol. The van der Waals surface area contributed by atoms with E-state index in [1.165, 1.54) is 25.7 Å². The molecule has 0 heterocycles. The average molecular weight is 116 g/mol. The first-order valence-electron chi connectivity index (χ1n) is 3.64. The first-order valence-corrected chi connectivity index (χ1v) is 3.64. The van der Waals surface area contributed by atoms with Crippen molar-refractivity contribution in [2.45, 2.75) is 45.6 Å². The van der Waals surface area contributed by atoms with Crippen LogP contribution in [0.3, 0.4) is 0 Å². The Hall–Kier alpha value is -0.0400. The number of unbranched alkanes of at least 4 members (excludes halogenated alkanes) is 1. The molecule has 1 heteroatoms. The molecular weight excluding hydrogens is 98.1 g/mol. The van der Waals surface area contributed by atoms with E-state index >= 15 is 0 Å². The molecule has 0 saturated carbocycles. The second-order valence-electron chi connectivity index (χ2n) is 2.42. The molecule has 1 atom stereocenters. The Bertz CT molecular complexity index is 43.7. The third kappa shape index (κ3) is 4.13. The summed E-state index contributed by atoms with van der Waals surface area (Å²) in [4.78, 5) is 0. The lowest BCUT2D eigenvalue weighted by Crippen LogP contribution is -2.60. The van der Waals surface area contributed by atoms with E-state index in [1.807, 2.05) is 0 Å². The lowest BCUT2D eigenvalue weighted by Gasteiger charge is -2.01. The van der Waals surface area contributed by atoms with E-state index in [1.54, 1.807) is 0 Å². The van der Waals surface area contributed by atoms with Crippen LogP contribution >= 0.6 is 0 Å². The SMILES string of the molecule is CCCCC([NH3+])CC. The van der Waals surface area contributed by atoms with Crippen LogP contribution in [0.15, 0.2) is 0 Å². The normalized spacial score (nSPS) is 13.9. The molecule has 8 heavy (non-hydrogen) atoms. The van der Waals surface area contributed by atoms with Gasteiger partial charge in [0.1, 0.15) is 0 Å². The fourth-order valence-electron chi connectivity index (χ4n) is 0.697. The zero-order valence-electron chi connectivity index (χ0n) is 6.11. The van der Waals surface area contributed by atoms with Gasteiger partial charge in [-0.05, 0) is 19.3 Å². The maximum Gasteiger partial charge on any atom is 0.0840 e. The molecule has 0 aliphatic carbocycles. The van der Waals surface area contributed by atoms with Crippen LogP contribution in [0.1, 0.15) is 39.5 Å². The van der Waals surface area contributed by atoms with E-state index in [0.29, 0.717) is 6.04 Å². The topological polar surface area (TPSA) is 27.6 Å². The van der Waals surface area contributed by atoms with Crippen LogP contribution in [0.5, 0.6) is 0 Å². The molecular formula is C7H18N+. The van der Waals surface area contributed by atoms with Crippen molar-refractivity contribution in [3.05, 3.63) is 0 Å². The number of quaternary nitrogens is 1. The molecule has 0 radical (unpaired) electrons. The van der Waals surface area contributed by atoms with Crippen molar-refractivity contribution in [1.82, 2.24) is 0 Å². The molecule has 0 saturated heterocycles. The Morgan fingerprint density at radius 3 is 2.38 bits per heavy atom. The van der Waals surface area contributed by atoms with Gasteiger partial charge in [0.25, 0.3) is 0 Å². The summed E-state index contributed by atoms with van der Waals surface area (Å²) in [5.74, 6) is 0. The highest BCUT2D eigenvalue weighted by atomic mass is 14.6. The lowest BCUT2D eigenvalue weighted by atomic mass is 10.1. The van der Waals surface area contributed by atoms with Crippen LogP contribution in [0.4, 0.5) is 0 Å². The molecule has 0 bridgehead atoms. The third-order valence-corrected chi connectivity index (χ3v) is 1.54. The van der Waals surface area contributed by atoms with Gasteiger partial charge in [0.15, 0.2) is 0 Å². The van der Waals surface area contributed by atoms with Gasteiger partial charge in [-0.2, -0.15) is 0 Å². The minimum absolute atomic E-state index is 0.704. The highest BCUT2D eigenvalue weighted by Crippen LogP contribution is 1.98. The van der Waals surface area contributed by atoms with E-state index in [2.05, 4.69) is 19.6 Å². The molecule has 0 aromatic heterocycles. The summed E-state index contributed by atoms with van der Waals surface area (Å²) in [6, 6.07) is 0.704. The Morgan fingerprint density at radius 1 is 1.38 bits per heavy atom. The summed E-state index contributed by atoms with van der Waals surface area (Å²) in [5, 5.41) is 0. The summed E-state index contributed by atoms with van der Waals surface area (Å²) < 4.78 is 0. The summed E-state index contributed by atoms with van der Waals surface area (Å²) in [5.41, 5.74) is 3.99. The summed E-state index contributed by atoms with van der Waals surface area (Å²) in [7, 11) is 0. The molecule has 0 aromatic carbocycles. The second-order valence-corrected chi connectivity index (χ2v) is 2.42. The van der Waals surface area contributed by atoms with E-state index in [4.69, 9.17) is 0 Å². The quantitative estimate of drug-likeness (QED) is 0.571. The fourth-order valence-corrected chi connectivity index (χ4v) is 0.697. The van der Waals surface area contributed by atoms with Crippen molar-refractivity contribution >= 4 is 0 Å². The molecule has 1 nitrogen and oxygen atoms in total. The van der Waals surface area contributed by atoms with Crippen LogP contribution in [0.2, 0.25) is 0 Å².